The van der Waals surface area contributed by atoms with Crippen molar-refractivity contribution in [2.75, 3.05) is 24.5 Å². The Morgan fingerprint density at radius 3 is 2.60 bits per heavy atom. The zero-order valence-corrected chi connectivity index (χ0v) is 12.8. The van der Waals surface area contributed by atoms with Crippen molar-refractivity contribution in [2.45, 2.75) is 20.8 Å². The van der Waals surface area contributed by atoms with Crippen LogP contribution in [-0.4, -0.2) is 36.3 Å². The molecule has 0 bridgehead atoms. The molecule has 0 N–H and O–H groups in total. The van der Waals surface area contributed by atoms with Gasteiger partial charge in [0.05, 0.1) is 5.02 Å². The molecule has 0 radical (unpaired) electrons. The van der Waals surface area contributed by atoms with Crippen LogP contribution in [-0.2, 0) is 0 Å². The Morgan fingerprint density at radius 2 is 2.05 bits per heavy atom. The van der Waals surface area contributed by atoms with E-state index in [4.69, 9.17) is 11.6 Å². The highest BCUT2D eigenvalue weighted by molar-refractivity contribution is 6.34. The summed E-state index contributed by atoms with van der Waals surface area (Å²) in [6.07, 6.45) is 0. The predicted molar refractivity (Wildman–Crippen MR) is 80.6 cm³/mol. The van der Waals surface area contributed by atoms with E-state index in [0.29, 0.717) is 23.0 Å². The van der Waals surface area contributed by atoms with Crippen molar-refractivity contribution >= 4 is 29.1 Å². The molecule has 0 aliphatic carbocycles. The molecule has 1 aromatic rings. The highest BCUT2D eigenvalue weighted by atomic mass is 35.5. The monoisotopic (exact) mass is 294 g/mol. The lowest BCUT2D eigenvalue weighted by atomic mass is 10.1. The lowest BCUT2D eigenvalue weighted by Gasteiger charge is -2.20. The third-order valence-electron chi connectivity index (χ3n) is 3.32. The van der Waals surface area contributed by atoms with E-state index in [1.165, 1.54) is 6.92 Å². The molecule has 2 amide bonds. The summed E-state index contributed by atoms with van der Waals surface area (Å²) in [5.41, 5.74) is 1.23. The van der Waals surface area contributed by atoms with Crippen LogP contribution in [0.2, 0.25) is 5.02 Å². The molecule has 1 heterocycles. The molecule has 1 aliphatic rings. The number of carbonyl (C=O) groups excluding carboxylic acids is 2. The summed E-state index contributed by atoms with van der Waals surface area (Å²) in [5.74, 6) is 0.373. The molecule has 20 heavy (non-hydrogen) atoms. The van der Waals surface area contributed by atoms with Gasteiger partial charge in [-0.1, -0.05) is 25.4 Å². The van der Waals surface area contributed by atoms with Gasteiger partial charge < -0.3 is 4.90 Å². The van der Waals surface area contributed by atoms with E-state index in [0.717, 1.165) is 18.8 Å². The van der Waals surface area contributed by atoms with Crippen molar-refractivity contribution in [2.24, 2.45) is 5.92 Å². The van der Waals surface area contributed by atoms with Gasteiger partial charge in [0.2, 0.25) is 0 Å². The molecule has 2 rings (SSSR count). The Bertz CT molecular complexity index is 543. The minimum Gasteiger partial charge on any atom is -0.322 e. The number of hydrogen-bond donors (Lipinski definition) is 0. The second-order valence-corrected chi connectivity index (χ2v) is 5.90. The molecule has 0 atom stereocenters. The van der Waals surface area contributed by atoms with E-state index in [1.807, 2.05) is 4.90 Å². The maximum Gasteiger partial charge on any atom is 0.324 e. The molecule has 1 fully saturated rings. The first-order chi connectivity index (χ1) is 9.40. The van der Waals surface area contributed by atoms with Crippen molar-refractivity contribution < 1.29 is 9.59 Å². The molecular formula is C15H19ClN2O2. The van der Waals surface area contributed by atoms with Crippen molar-refractivity contribution in [3.63, 3.8) is 0 Å². The first-order valence-corrected chi connectivity index (χ1v) is 7.15. The number of halogens is 1. The number of hydrogen-bond acceptors (Lipinski definition) is 2. The Balaban J connectivity index is 2.19. The number of ketones is 1. The minimum absolute atomic E-state index is 0.00495. The van der Waals surface area contributed by atoms with Gasteiger partial charge in [0.25, 0.3) is 0 Å². The highest BCUT2D eigenvalue weighted by Gasteiger charge is 2.30. The number of amides is 2. The zero-order valence-electron chi connectivity index (χ0n) is 12.0. The number of carbonyl (C=O) groups is 2. The summed E-state index contributed by atoms with van der Waals surface area (Å²) in [5, 5.41) is 0.394. The summed E-state index contributed by atoms with van der Waals surface area (Å²) in [7, 11) is 0. The van der Waals surface area contributed by atoms with Crippen LogP contribution in [0.25, 0.3) is 0 Å². The van der Waals surface area contributed by atoms with Crippen LogP contribution in [0.5, 0.6) is 0 Å². The van der Waals surface area contributed by atoms with Gasteiger partial charge in [0.15, 0.2) is 5.78 Å². The third kappa shape index (κ3) is 2.96. The fourth-order valence-corrected chi connectivity index (χ4v) is 2.70. The van der Waals surface area contributed by atoms with Gasteiger partial charge in [-0.05, 0) is 31.0 Å². The molecule has 108 valence electrons. The number of Topliss-reactive ketones (excluding diaryl/α,β-unsaturated/α-hetero) is 1. The van der Waals surface area contributed by atoms with E-state index < -0.39 is 0 Å². The molecule has 5 heteroatoms. The number of anilines is 1. The number of benzene rings is 1. The fourth-order valence-electron chi connectivity index (χ4n) is 2.39. The van der Waals surface area contributed by atoms with Crippen LogP contribution in [0.4, 0.5) is 10.5 Å². The maximum atomic E-state index is 12.3. The number of nitrogens with zero attached hydrogens (tertiary/aromatic N) is 2. The highest BCUT2D eigenvalue weighted by Crippen LogP contribution is 2.27. The predicted octanol–water partition coefficient (Wildman–Crippen LogP) is 3.44. The van der Waals surface area contributed by atoms with E-state index in [-0.39, 0.29) is 11.8 Å². The first-order valence-electron chi connectivity index (χ1n) is 6.77. The molecule has 1 saturated heterocycles. The number of rotatable bonds is 4. The lowest BCUT2D eigenvalue weighted by molar-refractivity contribution is 0.101. The van der Waals surface area contributed by atoms with E-state index in [9.17, 15) is 9.59 Å². The average Bonchev–Trinajstić information content (AvgIpc) is 2.69. The Kier molecular flexibility index (Phi) is 4.33. The van der Waals surface area contributed by atoms with E-state index in [1.54, 1.807) is 23.1 Å². The van der Waals surface area contributed by atoms with Crippen LogP contribution < -0.4 is 4.90 Å². The minimum atomic E-state index is -0.0734. The summed E-state index contributed by atoms with van der Waals surface area (Å²) < 4.78 is 0. The first kappa shape index (κ1) is 14.9. The summed E-state index contributed by atoms with van der Waals surface area (Å²) in [6.45, 7) is 7.80. The Morgan fingerprint density at radius 1 is 1.35 bits per heavy atom. The van der Waals surface area contributed by atoms with Crippen molar-refractivity contribution in [1.82, 2.24) is 4.90 Å². The zero-order chi connectivity index (χ0) is 14.9. The fraction of sp³-hybridized carbons (Fsp3) is 0.467. The van der Waals surface area contributed by atoms with Crippen LogP contribution in [0.1, 0.15) is 31.1 Å². The molecule has 0 unspecified atom stereocenters. The Hall–Kier alpha value is -1.55. The summed E-state index contributed by atoms with van der Waals surface area (Å²) in [4.78, 5) is 27.2. The van der Waals surface area contributed by atoms with Crippen LogP contribution >= 0.6 is 11.6 Å². The SMILES string of the molecule is CC(=O)c1ccc(N2CCN(CC(C)C)C2=O)cc1Cl. The van der Waals surface area contributed by atoms with Crippen LogP contribution in [0.3, 0.4) is 0 Å². The standard InChI is InChI=1S/C15H19ClN2O2/c1-10(2)9-17-6-7-18(15(17)20)12-4-5-13(11(3)19)14(16)8-12/h4-5,8,10H,6-7,9H2,1-3H3. The van der Waals surface area contributed by atoms with Crippen LogP contribution in [0.15, 0.2) is 18.2 Å². The van der Waals surface area contributed by atoms with Crippen molar-refractivity contribution in [3.05, 3.63) is 28.8 Å². The quantitative estimate of drug-likeness (QED) is 0.798. The van der Waals surface area contributed by atoms with Gasteiger partial charge in [-0.2, -0.15) is 0 Å². The molecule has 0 spiro atoms. The smallest absolute Gasteiger partial charge is 0.322 e. The third-order valence-corrected chi connectivity index (χ3v) is 3.64. The largest absolute Gasteiger partial charge is 0.324 e. The van der Waals surface area contributed by atoms with Crippen molar-refractivity contribution in [3.8, 4) is 0 Å². The average molecular weight is 295 g/mol. The molecule has 1 aliphatic heterocycles. The second-order valence-electron chi connectivity index (χ2n) is 5.49. The molecular weight excluding hydrogens is 276 g/mol. The summed E-state index contributed by atoms with van der Waals surface area (Å²) in [6, 6.07) is 5.15. The topological polar surface area (TPSA) is 40.6 Å². The Labute approximate surface area is 124 Å². The van der Waals surface area contributed by atoms with Gasteiger partial charge in [-0.15, -0.1) is 0 Å². The maximum absolute atomic E-state index is 12.3. The number of urea groups is 1. The van der Waals surface area contributed by atoms with Gasteiger partial charge in [0, 0.05) is 30.9 Å². The van der Waals surface area contributed by atoms with E-state index in [2.05, 4.69) is 13.8 Å². The molecule has 4 nitrogen and oxygen atoms in total. The molecule has 1 aromatic carbocycles. The lowest BCUT2D eigenvalue weighted by Crippen LogP contribution is -2.34. The molecule has 0 saturated carbocycles. The van der Waals surface area contributed by atoms with Crippen LogP contribution in [0, 0.1) is 5.92 Å². The van der Waals surface area contributed by atoms with E-state index >= 15 is 0 Å². The van der Waals surface area contributed by atoms with Gasteiger partial charge in [-0.25, -0.2) is 4.79 Å². The normalized spacial score (nSPS) is 15.3. The van der Waals surface area contributed by atoms with Gasteiger partial charge >= 0.3 is 6.03 Å². The van der Waals surface area contributed by atoms with Gasteiger partial charge in [0.1, 0.15) is 0 Å². The second kappa shape index (κ2) is 5.83. The van der Waals surface area contributed by atoms with Gasteiger partial charge in [-0.3, -0.25) is 9.69 Å². The van der Waals surface area contributed by atoms with Crippen molar-refractivity contribution in [1.29, 1.82) is 0 Å². The molecule has 0 aromatic heterocycles. The summed E-state index contributed by atoms with van der Waals surface area (Å²) >= 11 is 6.10.